The number of aliphatic carboxylic acids is 2. The summed E-state index contributed by atoms with van der Waals surface area (Å²) in [6.07, 6.45) is -0.797. The zero-order valence-electron chi connectivity index (χ0n) is 10.9. The maximum atomic E-state index is 11.8. The van der Waals surface area contributed by atoms with E-state index in [0.717, 1.165) is 6.07 Å². The van der Waals surface area contributed by atoms with Crippen LogP contribution in [0.4, 0.5) is 5.69 Å². The van der Waals surface area contributed by atoms with Gasteiger partial charge in [0.15, 0.2) is 0 Å². The van der Waals surface area contributed by atoms with Crippen LogP contribution >= 0.6 is 0 Å². The molecule has 1 rings (SSSR count). The van der Waals surface area contributed by atoms with Crippen LogP contribution in [-0.4, -0.2) is 39.0 Å². The van der Waals surface area contributed by atoms with Crippen LogP contribution in [0.2, 0.25) is 0 Å². The molecule has 0 aliphatic heterocycles. The van der Waals surface area contributed by atoms with Crippen molar-refractivity contribution in [2.75, 3.05) is 0 Å². The van der Waals surface area contributed by atoms with Crippen molar-refractivity contribution >= 4 is 23.5 Å². The Kier molecular flexibility index (Phi) is 4.95. The molecule has 21 heavy (non-hydrogen) atoms. The second kappa shape index (κ2) is 6.46. The number of hydrogen-bond donors (Lipinski definition) is 3. The van der Waals surface area contributed by atoms with Crippen molar-refractivity contribution in [2.45, 2.75) is 19.4 Å². The van der Waals surface area contributed by atoms with Gasteiger partial charge in [-0.3, -0.25) is 19.7 Å². The monoisotopic (exact) mass is 296 g/mol. The van der Waals surface area contributed by atoms with Crippen LogP contribution in [0.1, 0.15) is 22.3 Å². The highest BCUT2D eigenvalue weighted by molar-refractivity contribution is 5.97. The average molecular weight is 296 g/mol. The van der Waals surface area contributed by atoms with Crippen LogP contribution in [0.15, 0.2) is 18.2 Å². The van der Waals surface area contributed by atoms with E-state index in [-0.39, 0.29) is 11.3 Å². The van der Waals surface area contributed by atoms with Crippen molar-refractivity contribution in [2.24, 2.45) is 0 Å². The first-order valence-corrected chi connectivity index (χ1v) is 5.73. The van der Waals surface area contributed by atoms with Gasteiger partial charge in [0, 0.05) is 17.2 Å². The van der Waals surface area contributed by atoms with Crippen LogP contribution in [-0.2, 0) is 9.59 Å². The third-order valence-electron chi connectivity index (χ3n) is 2.65. The summed E-state index contributed by atoms with van der Waals surface area (Å²) in [4.78, 5) is 43.3. The molecule has 0 radical (unpaired) electrons. The number of nitrogens with zero attached hydrogens (tertiary/aromatic N) is 1. The standard InChI is InChI=1S/C12H12N2O7/c1-6-2-3-7(4-9(6)14(20)21)11(17)13-8(12(18)19)5-10(15)16/h2-4,8H,5H2,1H3,(H,13,17)(H,15,16)(H,18,19). The Morgan fingerprint density at radius 2 is 1.95 bits per heavy atom. The van der Waals surface area contributed by atoms with Crippen molar-refractivity contribution in [1.82, 2.24) is 5.32 Å². The fraction of sp³-hybridized carbons (Fsp3) is 0.250. The molecule has 0 saturated heterocycles. The number of hydrogen-bond acceptors (Lipinski definition) is 5. The van der Waals surface area contributed by atoms with Gasteiger partial charge in [0.2, 0.25) is 0 Å². The summed E-state index contributed by atoms with van der Waals surface area (Å²) in [6.45, 7) is 1.49. The molecule has 0 bridgehead atoms. The van der Waals surface area contributed by atoms with Crippen molar-refractivity contribution in [3.05, 3.63) is 39.4 Å². The number of carbonyl (C=O) groups excluding carboxylic acids is 1. The molecule has 1 aromatic carbocycles. The molecule has 9 heteroatoms. The van der Waals surface area contributed by atoms with Gasteiger partial charge < -0.3 is 15.5 Å². The highest BCUT2D eigenvalue weighted by Gasteiger charge is 2.24. The van der Waals surface area contributed by atoms with Crippen LogP contribution in [0, 0.1) is 17.0 Å². The lowest BCUT2D eigenvalue weighted by molar-refractivity contribution is -0.385. The topological polar surface area (TPSA) is 147 Å². The van der Waals surface area contributed by atoms with Gasteiger partial charge in [0.05, 0.1) is 11.3 Å². The first kappa shape index (κ1) is 16.1. The second-order valence-electron chi connectivity index (χ2n) is 4.22. The Morgan fingerprint density at radius 1 is 1.33 bits per heavy atom. The maximum absolute atomic E-state index is 11.8. The fourth-order valence-electron chi connectivity index (χ4n) is 1.56. The second-order valence-corrected chi connectivity index (χ2v) is 4.22. The average Bonchev–Trinajstić information content (AvgIpc) is 2.37. The lowest BCUT2D eigenvalue weighted by Gasteiger charge is -2.12. The third-order valence-corrected chi connectivity index (χ3v) is 2.65. The van der Waals surface area contributed by atoms with Gasteiger partial charge in [-0.25, -0.2) is 4.79 Å². The molecule has 1 aromatic rings. The lowest BCUT2D eigenvalue weighted by Crippen LogP contribution is -2.42. The number of nitrogens with one attached hydrogen (secondary N) is 1. The molecule has 0 aliphatic rings. The minimum Gasteiger partial charge on any atom is -0.481 e. The molecule has 3 N–H and O–H groups in total. The molecule has 1 unspecified atom stereocenters. The van der Waals surface area contributed by atoms with Gasteiger partial charge in [-0.1, -0.05) is 6.07 Å². The smallest absolute Gasteiger partial charge is 0.326 e. The summed E-state index contributed by atoms with van der Waals surface area (Å²) in [5.41, 5.74) is -0.0615. The lowest BCUT2D eigenvalue weighted by atomic mass is 10.1. The van der Waals surface area contributed by atoms with E-state index in [0.29, 0.717) is 5.56 Å². The normalized spacial score (nSPS) is 11.5. The molecule has 1 amide bonds. The Balaban J connectivity index is 2.97. The molecule has 0 aliphatic carbocycles. The molecule has 0 fully saturated rings. The van der Waals surface area contributed by atoms with Gasteiger partial charge >= 0.3 is 11.9 Å². The number of aryl methyl sites for hydroxylation is 1. The highest BCUT2D eigenvalue weighted by Crippen LogP contribution is 2.19. The Hall–Kier alpha value is -2.97. The number of nitro groups is 1. The number of rotatable bonds is 6. The zero-order valence-corrected chi connectivity index (χ0v) is 10.9. The largest absolute Gasteiger partial charge is 0.481 e. The third kappa shape index (κ3) is 4.27. The van der Waals surface area contributed by atoms with Crippen LogP contribution in [0.25, 0.3) is 0 Å². The minimum atomic E-state index is -1.62. The molecular formula is C12H12N2O7. The summed E-state index contributed by atoms with van der Waals surface area (Å²) in [6, 6.07) is 2.03. The Morgan fingerprint density at radius 3 is 2.43 bits per heavy atom. The van der Waals surface area contributed by atoms with E-state index in [1.54, 1.807) is 0 Å². The molecule has 0 saturated carbocycles. The van der Waals surface area contributed by atoms with Gasteiger partial charge in [0.1, 0.15) is 6.04 Å². The van der Waals surface area contributed by atoms with E-state index in [9.17, 15) is 24.5 Å². The van der Waals surface area contributed by atoms with Crippen molar-refractivity contribution in [3.63, 3.8) is 0 Å². The predicted molar refractivity (Wildman–Crippen MR) is 69.0 cm³/mol. The minimum absolute atomic E-state index is 0.121. The van der Waals surface area contributed by atoms with Gasteiger partial charge in [-0.15, -0.1) is 0 Å². The van der Waals surface area contributed by atoms with Gasteiger partial charge in [-0.2, -0.15) is 0 Å². The summed E-state index contributed by atoms with van der Waals surface area (Å²) in [7, 11) is 0. The Labute approximate surface area is 118 Å². The van der Waals surface area contributed by atoms with Crippen LogP contribution in [0.3, 0.4) is 0 Å². The fourth-order valence-corrected chi connectivity index (χ4v) is 1.56. The number of nitro benzene ring substituents is 1. The summed E-state index contributed by atoms with van der Waals surface area (Å²) in [5.74, 6) is -3.79. The maximum Gasteiger partial charge on any atom is 0.326 e. The quantitative estimate of drug-likeness (QED) is 0.513. The van der Waals surface area contributed by atoms with E-state index in [2.05, 4.69) is 0 Å². The SMILES string of the molecule is Cc1ccc(C(=O)NC(CC(=O)O)C(=O)O)cc1[N+](=O)[O-]. The van der Waals surface area contributed by atoms with Crippen molar-refractivity contribution < 1.29 is 29.5 Å². The van der Waals surface area contributed by atoms with E-state index in [1.165, 1.54) is 19.1 Å². The molecular weight excluding hydrogens is 284 g/mol. The number of amides is 1. The first-order valence-electron chi connectivity index (χ1n) is 5.73. The number of carboxylic acids is 2. The molecule has 0 aromatic heterocycles. The molecule has 1 atom stereocenters. The molecule has 0 spiro atoms. The number of carboxylic acid groups (broad SMARTS) is 2. The zero-order chi connectivity index (χ0) is 16.2. The van der Waals surface area contributed by atoms with Crippen molar-refractivity contribution in [1.29, 1.82) is 0 Å². The van der Waals surface area contributed by atoms with E-state index >= 15 is 0 Å². The predicted octanol–water partition coefficient (Wildman–Crippen LogP) is 0.561. The van der Waals surface area contributed by atoms with Gasteiger partial charge in [0.25, 0.3) is 11.6 Å². The molecule has 112 valence electrons. The number of benzene rings is 1. The van der Waals surface area contributed by atoms with Gasteiger partial charge in [-0.05, 0) is 13.0 Å². The first-order chi connectivity index (χ1) is 9.72. The Bertz CT molecular complexity index is 612. The summed E-state index contributed by atoms with van der Waals surface area (Å²) >= 11 is 0. The molecule has 0 heterocycles. The van der Waals surface area contributed by atoms with Crippen molar-refractivity contribution in [3.8, 4) is 0 Å². The molecule has 9 nitrogen and oxygen atoms in total. The van der Waals surface area contributed by atoms with Crippen LogP contribution in [0.5, 0.6) is 0 Å². The summed E-state index contributed by atoms with van der Waals surface area (Å²) in [5, 5.41) is 30.2. The van der Waals surface area contributed by atoms with Crippen LogP contribution < -0.4 is 5.32 Å². The summed E-state index contributed by atoms with van der Waals surface area (Å²) < 4.78 is 0. The highest BCUT2D eigenvalue weighted by atomic mass is 16.6. The van der Waals surface area contributed by atoms with E-state index in [4.69, 9.17) is 10.2 Å². The van der Waals surface area contributed by atoms with E-state index in [1.807, 2.05) is 5.32 Å². The van der Waals surface area contributed by atoms with E-state index < -0.39 is 35.2 Å². The number of carbonyl (C=O) groups is 3.